The zero-order valence-electron chi connectivity index (χ0n) is 18.7. The Bertz CT molecular complexity index is 1530. The van der Waals surface area contributed by atoms with Crippen LogP contribution in [0.25, 0.3) is 50.2 Å². The summed E-state index contributed by atoms with van der Waals surface area (Å²) in [5, 5.41) is 2.59. The molecule has 1 aliphatic rings. The van der Waals surface area contributed by atoms with Crippen molar-refractivity contribution in [2.45, 2.75) is 13.3 Å². The Kier molecular flexibility index (Phi) is 4.77. The van der Waals surface area contributed by atoms with Gasteiger partial charge in [-0.1, -0.05) is 115 Å². The largest absolute Gasteiger partial charge is 0.114 e. The van der Waals surface area contributed by atoms with E-state index in [4.69, 9.17) is 7.85 Å². The minimum Gasteiger partial charge on any atom is -0.0893 e. The molecule has 0 nitrogen and oxygen atoms in total. The van der Waals surface area contributed by atoms with Gasteiger partial charge in [0.1, 0.15) is 7.85 Å². The zero-order chi connectivity index (χ0) is 22.4. The highest BCUT2D eigenvalue weighted by atomic mass is 14.3. The quantitative estimate of drug-likeness (QED) is 0.260. The van der Waals surface area contributed by atoms with E-state index in [1.54, 1.807) is 0 Å². The maximum absolute atomic E-state index is 6.46. The lowest BCUT2D eigenvalue weighted by molar-refractivity contribution is 1.26. The highest BCUT2D eigenvalue weighted by Gasteiger charge is 2.29. The van der Waals surface area contributed by atoms with E-state index in [9.17, 15) is 0 Å². The second kappa shape index (κ2) is 7.94. The van der Waals surface area contributed by atoms with Gasteiger partial charge in [0.25, 0.3) is 0 Å². The van der Waals surface area contributed by atoms with Gasteiger partial charge in [-0.25, -0.2) is 0 Å². The molecule has 0 bridgehead atoms. The summed E-state index contributed by atoms with van der Waals surface area (Å²) in [6, 6.07) is 34.8. The predicted molar refractivity (Wildman–Crippen MR) is 143 cm³/mol. The molecule has 0 N–H and O–H groups in total. The van der Waals surface area contributed by atoms with Crippen LogP contribution in [0.5, 0.6) is 0 Å². The molecule has 0 heterocycles. The molecule has 1 aliphatic carbocycles. The maximum atomic E-state index is 6.46. The van der Waals surface area contributed by atoms with Crippen LogP contribution >= 0.6 is 0 Å². The average molecular weight is 418 g/mol. The normalized spacial score (nSPS) is 12.3. The molecule has 0 fully saturated rings. The molecule has 2 radical (unpaired) electrons. The first-order valence-electron chi connectivity index (χ1n) is 11.5. The van der Waals surface area contributed by atoms with Crippen molar-refractivity contribution in [3.63, 3.8) is 0 Å². The molecule has 5 aromatic carbocycles. The number of hydrogen-bond acceptors (Lipinski definition) is 0. The fraction of sp³-hybridized carbons (Fsp3) is 0.0625. The van der Waals surface area contributed by atoms with E-state index in [2.05, 4.69) is 116 Å². The number of hydrogen-bond donors (Lipinski definition) is 0. The predicted octanol–water partition coefficient (Wildman–Crippen LogP) is 7.57. The smallest absolute Gasteiger partial charge is 0.0893 e. The van der Waals surface area contributed by atoms with Gasteiger partial charge in [0, 0.05) is 0 Å². The van der Waals surface area contributed by atoms with Crippen molar-refractivity contribution in [3.05, 3.63) is 120 Å². The molecule has 0 saturated heterocycles. The number of fused-ring (bicyclic) bond motifs is 4. The Labute approximate surface area is 196 Å². The Balaban J connectivity index is 1.81. The van der Waals surface area contributed by atoms with Crippen LogP contribution in [-0.2, 0) is 6.42 Å². The van der Waals surface area contributed by atoms with Crippen molar-refractivity contribution in [1.29, 1.82) is 0 Å². The molecule has 0 atom stereocenters. The van der Waals surface area contributed by atoms with Crippen LogP contribution in [0.2, 0.25) is 0 Å². The van der Waals surface area contributed by atoms with Crippen molar-refractivity contribution >= 4 is 30.2 Å². The first-order valence-corrected chi connectivity index (χ1v) is 11.5. The summed E-state index contributed by atoms with van der Waals surface area (Å²) in [5.74, 6) is 0. The van der Waals surface area contributed by atoms with Crippen LogP contribution in [0.15, 0.2) is 103 Å². The standard InChI is InChI=1S/C32H23B/c1-2-11-23-27-20-28-30(21-12-5-3-6-13-21)24-16-9-10-17-25(24)31(22-14-7-4-8-15-22)32(28)26(27)18-19-29(23)33/h2-19H,20H2,1H3/b11-2-. The fourth-order valence-corrected chi connectivity index (χ4v) is 5.45. The van der Waals surface area contributed by atoms with Crippen LogP contribution < -0.4 is 5.46 Å². The monoisotopic (exact) mass is 418 g/mol. The Morgan fingerprint density at radius 1 is 0.606 bits per heavy atom. The van der Waals surface area contributed by atoms with Crippen LogP contribution in [0.4, 0.5) is 0 Å². The summed E-state index contributed by atoms with van der Waals surface area (Å²) < 4.78 is 0. The topological polar surface area (TPSA) is 0 Å². The van der Waals surface area contributed by atoms with Crippen molar-refractivity contribution in [2.75, 3.05) is 0 Å². The first kappa shape index (κ1) is 19.8. The number of allylic oxidation sites excluding steroid dienone is 1. The van der Waals surface area contributed by atoms with Crippen molar-refractivity contribution < 1.29 is 0 Å². The molecular formula is C32H23B. The third-order valence-corrected chi connectivity index (χ3v) is 6.79. The first-order chi connectivity index (χ1) is 16.3. The lowest BCUT2D eigenvalue weighted by atomic mass is 9.83. The molecule has 0 aromatic heterocycles. The van der Waals surface area contributed by atoms with Gasteiger partial charge >= 0.3 is 0 Å². The third kappa shape index (κ3) is 3.08. The van der Waals surface area contributed by atoms with Gasteiger partial charge in [-0.3, -0.25) is 0 Å². The molecule has 6 rings (SSSR count). The molecule has 5 aromatic rings. The number of benzene rings is 5. The minimum absolute atomic E-state index is 0.840. The van der Waals surface area contributed by atoms with E-state index in [0.717, 1.165) is 17.4 Å². The van der Waals surface area contributed by atoms with Gasteiger partial charge in [0.2, 0.25) is 0 Å². The van der Waals surface area contributed by atoms with Crippen LogP contribution in [-0.4, -0.2) is 7.85 Å². The van der Waals surface area contributed by atoms with E-state index < -0.39 is 0 Å². The van der Waals surface area contributed by atoms with Gasteiger partial charge in [0.05, 0.1) is 0 Å². The molecule has 0 aliphatic heterocycles. The lowest BCUT2D eigenvalue weighted by Crippen LogP contribution is -2.09. The van der Waals surface area contributed by atoms with E-state index in [1.807, 2.05) is 0 Å². The number of rotatable bonds is 3. The van der Waals surface area contributed by atoms with Crippen LogP contribution in [0, 0.1) is 0 Å². The molecule has 154 valence electrons. The van der Waals surface area contributed by atoms with Gasteiger partial charge in [0.15, 0.2) is 0 Å². The molecule has 0 amide bonds. The molecule has 1 heteroatoms. The Morgan fingerprint density at radius 3 is 1.82 bits per heavy atom. The fourth-order valence-electron chi connectivity index (χ4n) is 5.45. The van der Waals surface area contributed by atoms with E-state index in [0.29, 0.717) is 0 Å². The molecule has 0 unspecified atom stereocenters. The van der Waals surface area contributed by atoms with Crippen molar-refractivity contribution in [2.24, 2.45) is 0 Å². The van der Waals surface area contributed by atoms with E-state index in [1.165, 1.54) is 55.3 Å². The van der Waals surface area contributed by atoms with Gasteiger partial charge < -0.3 is 0 Å². The van der Waals surface area contributed by atoms with Crippen LogP contribution in [0.1, 0.15) is 23.6 Å². The lowest BCUT2D eigenvalue weighted by Gasteiger charge is -2.19. The second-order valence-corrected chi connectivity index (χ2v) is 8.65. The highest BCUT2D eigenvalue weighted by Crippen LogP contribution is 2.51. The summed E-state index contributed by atoms with van der Waals surface area (Å²) in [6.07, 6.45) is 5.12. The van der Waals surface area contributed by atoms with Crippen LogP contribution in [0.3, 0.4) is 0 Å². The Hall–Kier alpha value is -3.84. The molecular weight excluding hydrogens is 395 g/mol. The molecule has 0 spiro atoms. The van der Waals surface area contributed by atoms with E-state index >= 15 is 0 Å². The summed E-state index contributed by atoms with van der Waals surface area (Å²) >= 11 is 0. The van der Waals surface area contributed by atoms with Gasteiger partial charge in [-0.05, 0) is 74.2 Å². The summed E-state index contributed by atoms with van der Waals surface area (Å²) in [6.45, 7) is 2.06. The van der Waals surface area contributed by atoms with E-state index in [-0.39, 0.29) is 0 Å². The van der Waals surface area contributed by atoms with Crippen molar-refractivity contribution in [3.8, 4) is 33.4 Å². The minimum atomic E-state index is 0.840. The van der Waals surface area contributed by atoms with Gasteiger partial charge in [-0.2, -0.15) is 0 Å². The summed E-state index contributed by atoms with van der Waals surface area (Å²) in [7, 11) is 6.46. The summed E-state index contributed by atoms with van der Waals surface area (Å²) in [4.78, 5) is 0. The average Bonchev–Trinajstić information content (AvgIpc) is 3.24. The third-order valence-electron chi connectivity index (χ3n) is 6.79. The summed E-state index contributed by atoms with van der Waals surface area (Å²) in [5.41, 5.74) is 12.5. The SMILES string of the molecule is [B]c1ccc2c(c1/C=C\C)Cc1c-2c(-c2ccccc2)c2ccccc2c1-c1ccccc1. The maximum Gasteiger partial charge on any atom is 0.114 e. The molecule has 33 heavy (non-hydrogen) atoms. The second-order valence-electron chi connectivity index (χ2n) is 8.65. The highest BCUT2D eigenvalue weighted by molar-refractivity contribution is 6.34. The zero-order valence-corrected chi connectivity index (χ0v) is 18.7. The van der Waals surface area contributed by atoms with Crippen molar-refractivity contribution in [1.82, 2.24) is 0 Å². The molecule has 0 saturated carbocycles. The Morgan fingerprint density at radius 2 is 1.18 bits per heavy atom. The van der Waals surface area contributed by atoms with Gasteiger partial charge in [-0.15, -0.1) is 0 Å².